The number of carbonyl (C=O) groups excluding carboxylic acids is 2. The molecule has 0 aliphatic carbocycles. The first kappa shape index (κ1) is 23.5. The first-order chi connectivity index (χ1) is 15.8. The Kier molecular flexibility index (Phi) is 6.92. The van der Waals surface area contributed by atoms with Gasteiger partial charge in [0.15, 0.2) is 6.61 Å². The van der Waals surface area contributed by atoms with Crippen molar-refractivity contribution >= 4 is 39.1 Å². The van der Waals surface area contributed by atoms with Gasteiger partial charge in [-0.2, -0.15) is 4.31 Å². The van der Waals surface area contributed by atoms with E-state index in [1.807, 2.05) is 30.3 Å². The topological polar surface area (TPSA) is 105 Å². The third kappa shape index (κ3) is 5.15. The highest BCUT2D eigenvalue weighted by molar-refractivity contribution is 7.89. The van der Waals surface area contributed by atoms with Gasteiger partial charge in [0.1, 0.15) is 10.6 Å². The van der Waals surface area contributed by atoms with Crippen molar-refractivity contribution in [2.24, 2.45) is 5.92 Å². The average molecular weight is 492 g/mol. The summed E-state index contributed by atoms with van der Waals surface area (Å²) in [7, 11) is -3.87. The van der Waals surface area contributed by atoms with Gasteiger partial charge in [-0.05, 0) is 30.4 Å². The Morgan fingerprint density at radius 1 is 1.24 bits per heavy atom. The van der Waals surface area contributed by atoms with Gasteiger partial charge in [0.05, 0.1) is 10.7 Å². The van der Waals surface area contributed by atoms with Crippen LogP contribution in [0.5, 0.6) is 5.75 Å². The number of amides is 2. The zero-order valence-electron chi connectivity index (χ0n) is 18.2. The van der Waals surface area contributed by atoms with Gasteiger partial charge in [-0.15, -0.1) is 0 Å². The molecule has 33 heavy (non-hydrogen) atoms. The first-order valence-corrected chi connectivity index (χ1v) is 12.7. The molecule has 1 atom stereocenters. The molecule has 0 bridgehead atoms. The fourth-order valence-electron chi connectivity index (χ4n) is 4.07. The standard InChI is InChI=1S/C23H26ClN3O5S/c1-15(16-5-3-2-4-6-16)13-25-23(29)17-7-9-27(10-8-17)33(30,31)21-12-20-19(11-18(21)24)26-22(28)14-32-20/h2-6,11-12,15,17H,7-10,13-14H2,1H3,(H,25,29)(H,26,28)/t15-/m1/s1. The van der Waals surface area contributed by atoms with Crippen molar-refractivity contribution in [1.82, 2.24) is 9.62 Å². The largest absolute Gasteiger partial charge is 0.482 e. The minimum Gasteiger partial charge on any atom is -0.482 e. The van der Waals surface area contributed by atoms with Crippen LogP contribution in [0.25, 0.3) is 0 Å². The van der Waals surface area contributed by atoms with Gasteiger partial charge < -0.3 is 15.4 Å². The molecule has 2 heterocycles. The number of ether oxygens (including phenoxy) is 1. The van der Waals surface area contributed by atoms with E-state index >= 15 is 0 Å². The lowest BCUT2D eigenvalue weighted by atomic mass is 9.96. The SMILES string of the molecule is C[C@H](CNC(=O)C1CCN(S(=O)(=O)c2cc3c(cc2Cl)NC(=O)CO3)CC1)c1ccccc1. The van der Waals surface area contributed by atoms with Gasteiger partial charge in [-0.25, -0.2) is 8.42 Å². The Balaban J connectivity index is 1.36. The van der Waals surface area contributed by atoms with E-state index in [2.05, 4.69) is 17.6 Å². The Labute approximate surface area is 198 Å². The number of hydrogen-bond donors (Lipinski definition) is 2. The van der Waals surface area contributed by atoms with E-state index in [9.17, 15) is 18.0 Å². The molecule has 2 N–H and O–H groups in total. The van der Waals surface area contributed by atoms with Crippen LogP contribution in [0.3, 0.4) is 0 Å². The normalized spacial score (nSPS) is 18.1. The second-order valence-electron chi connectivity index (χ2n) is 8.35. The highest BCUT2D eigenvalue weighted by atomic mass is 35.5. The van der Waals surface area contributed by atoms with Gasteiger partial charge in [-0.3, -0.25) is 9.59 Å². The lowest BCUT2D eigenvalue weighted by Gasteiger charge is -2.31. The van der Waals surface area contributed by atoms with E-state index < -0.39 is 10.0 Å². The van der Waals surface area contributed by atoms with Crippen molar-refractivity contribution < 1.29 is 22.7 Å². The molecular formula is C23H26ClN3O5S. The summed E-state index contributed by atoms with van der Waals surface area (Å²) in [5.74, 6) is -0.163. The third-order valence-corrected chi connectivity index (χ3v) is 8.42. The number of nitrogens with zero attached hydrogens (tertiary/aromatic N) is 1. The number of rotatable bonds is 6. The molecule has 2 aliphatic rings. The average Bonchev–Trinajstić information content (AvgIpc) is 2.82. The number of nitrogens with one attached hydrogen (secondary N) is 2. The van der Waals surface area contributed by atoms with Crippen LogP contribution >= 0.6 is 11.6 Å². The van der Waals surface area contributed by atoms with Crippen LogP contribution < -0.4 is 15.4 Å². The summed E-state index contributed by atoms with van der Waals surface area (Å²) in [5, 5.41) is 5.62. The van der Waals surface area contributed by atoms with Crippen molar-refractivity contribution in [2.75, 3.05) is 31.6 Å². The van der Waals surface area contributed by atoms with E-state index in [0.717, 1.165) is 5.56 Å². The molecular weight excluding hydrogens is 466 g/mol. The van der Waals surface area contributed by atoms with Crippen LogP contribution in [-0.4, -0.2) is 50.8 Å². The Morgan fingerprint density at radius 2 is 1.94 bits per heavy atom. The molecule has 10 heteroatoms. The van der Waals surface area contributed by atoms with Crippen LogP contribution in [-0.2, 0) is 19.6 Å². The van der Waals surface area contributed by atoms with Crippen molar-refractivity contribution in [2.45, 2.75) is 30.6 Å². The highest BCUT2D eigenvalue weighted by Gasteiger charge is 2.34. The molecule has 2 aromatic carbocycles. The molecule has 2 amide bonds. The summed E-state index contributed by atoms with van der Waals surface area (Å²) in [6.45, 7) is 2.85. The summed E-state index contributed by atoms with van der Waals surface area (Å²) in [6.07, 6.45) is 0.861. The first-order valence-electron chi connectivity index (χ1n) is 10.8. The van der Waals surface area contributed by atoms with Crippen molar-refractivity contribution in [1.29, 1.82) is 0 Å². The predicted molar refractivity (Wildman–Crippen MR) is 125 cm³/mol. The molecule has 4 rings (SSSR count). The van der Waals surface area contributed by atoms with Gasteiger partial charge >= 0.3 is 0 Å². The molecule has 0 radical (unpaired) electrons. The van der Waals surface area contributed by atoms with Crippen LogP contribution in [0.1, 0.15) is 31.2 Å². The maximum Gasteiger partial charge on any atom is 0.262 e. The van der Waals surface area contributed by atoms with E-state index in [4.69, 9.17) is 16.3 Å². The lowest BCUT2D eigenvalue weighted by Crippen LogP contribution is -2.43. The number of benzene rings is 2. The smallest absolute Gasteiger partial charge is 0.262 e. The second kappa shape index (κ2) is 9.70. The summed E-state index contributed by atoms with van der Waals surface area (Å²) < 4.78 is 33.1. The van der Waals surface area contributed by atoms with Gasteiger partial charge in [-0.1, -0.05) is 48.9 Å². The number of anilines is 1. The summed E-state index contributed by atoms with van der Waals surface area (Å²) >= 11 is 6.24. The molecule has 176 valence electrons. The maximum atomic E-state index is 13.2. The van der Waals surface area contributed by atoms with E-state index in [1.54, 1.807) is 0 Å². The maximum absolute atomic E-state index is 13.2. The van der Waals surface area contributed by atoms with Crippen molar-refractivity contribution in [3.05, 3.63) is 53.1 Å². The van der Waals surface area contributed by atoms with Crippen LogP contribution in [0.2, 0.25) is 5.02 Å². The van der Waals surface area contributed by atoms with Crippen LogP contribution in [0, 0.1) is 5.92 Å². The summed E-state index contributed by atoms with van der Waals surface area (Å²) in [5.41, 5.74) is 1.50. The lowest BCUT2D eigenvalue weighted by molar-refractivity contribution is -0.126. The quantitative estimate of drug-likeness (QED) is 0.646. The number of piperidine rings is 1. The van der Waals surface area contributed by atoms with Crippen molar-refractivity contribution in [3.63, 3.8) is 0 Å². The fourth-order valence-corrected chi connectivity index (χ4v) is 6.06. The van der Waals surface area contributed by atoms with Crippen LogP contribution in [0.4, 0.5) is 5.69 Å². The number of sulfonamides is 1. The summed E-state index contributed by atoms with van der Waals surface area (Å²) in [6, 6.07) is 12.7. The van der Waals surface area contributed by atoms with Crippen LogP contribution in [0.15, 0.2) is 47.4 Å². The molecule has 0 aromatic heterocycles. The van der Waals surface area contributed by atoms with E-state index in [-0.39, 0.29) is 59.0 Å². The third-order valence-electron chi connectivity index (χ3n) is 6.06. The monoisotopic (exact) mass is 491 g/mol. The molecule has 2 aromatic rings. The zero-order valence-corrected chi connectivity index (χ0v) is 19.8. The molecule has 1 saturated heterocycles. The fraction of sp³-hybridized carbons (Fsp3) is 0.391. The summed E-state index contributed by atoms with van der Waals surface area (Å²) in [4.78, 5) is 24.0. The molecule has 0 spiro atoms. The molecule has 0 unspecified atom stereocenters. The number of carbonyl (C=O) groups is 2. The molecule has 0 saturated carbocycles. The number of halogens is 1. The molecule has 2 aliphatic heterocycles. The number of fused-ring (bicyclic) bond motifs is 1. The van der Waals surface area contributed by atoms with E-state index in [0.29, 0.717) is 25.1 Å². The van der Waals surface area contributed by atoms with E-state index in [1.165, 1.54) is 16.4 Å². The number of hydrogen-bond acceptors (Lipinski definition) is 5. The minimum absolute atomic E-state index is 0.00863. The van der Waals surface area contributed by atoms with Gasteiger partial charge in [0, 0.05) is 31.6 Å². The highest BCUT2D eigenvalue weighted by Crippen LogP contribution is 2.37. The Hall–Kier alpha value is -2.62. The Morgan fingerprint density at radius 3 is 2.64 bits per heavy atom. The zero-order chi connectivity index (χ0) is 23.6. The molecule has 1 fully saturated rings. The van der Waals surface area contributed by atoms with Gasteiger partial charge in [0.25, 0.3) is 5.91 Å². The minimum atomic E-state index is -3.87. The molecule has 8 nitrogen and oxygen atoms in total. The predicted octanol–water partition coefficient (Wildman–Crippen LogP) is 2.99. The van der Waals surface area contributed by atoms with Gasteiger partial charge in [0.2, 0.25) is 15.9 Å². The van der Waals surface area contributed by atoms with Crippen molar-refractivity contribution in [3.8, 4) is 5.75 Å². The Bertz CT molecular complexity index is 1150. The second-order valence-corrected chi connectivity index (χ2v) is 10.7.